The van der Waals surface area contributed by atoms with Crippen LogP contribution in [-0.2, 0) is 18.3 Å². The lowest BCUT2D eigenvalue weighted by Gasteiger charge is -2.10. The minimum Gasteiger partial charge on any atom is -0.477 e. The molecule has 4 nitrogen and oxygen atoms in total. The molecule has 0 saturated heterocycles. The summed E-state index contributed by atoms with van der Waals surface area (Å²) < 4.78 is 26.8. The average molecular weight is 204 g/mol. The molecule has 0 unspecified atom stereocenters. The predicted octanol–water partition coefficient (Wildman–Crippen LogP) is 0.991. The molecule has 0 fully saturated rings. The molecule has 1 rings (SSSR count). The summed E-state index contributed by atoms with van der Waals surface area (Å²) >= 11 is 0. The van der Waals surface area contributed by atoms with Gasteiger partial charge in [-0.15, -0.1) is 0 Å². The highest BCUT2D eigenvalue weighted by Gasteiger charge is 2.39. The maximum atomic E-state index is 12.8. The van der Waals surface area contributed by atoms with Crippen LogP contribution < -0.4 is 0 Å². The molecule has 6 heteroatoms. The van der Waals surface area contributed by atoms with Gasteiger partial charge >= 0.3 is 11.9 Å². The van der Waals surface area contributed by atoms with Gasteiger partial charge in [-0.05, 0) is 13.0 Å². The van der Waals surface area contributed by atoms with Gasteiger partial charge in [-0.3, -0.25) is 4.68 Å². The summed E-state index contributed by atoms with van der Waals surface area (Å²) in [6.07, 6.45) is -0.834. The molecule has 0 bridgehead atoms. The molecule has 0 aliphatic carbocycles. The van der Waals surface area contributed by atoms with Gasteiger partial charge in [-0.25, -0.2) is 4.79 Å². The minimum atomic E-state index is -3.74. The van der Waals surface area contributed by atoms with Gasteiger partial charge in [0.15, 0.2) is 0 Å². The monoisotopic (exact) mass is 204 g/mol. The zero-order valence-corrected chi connectivity index (χ0v) is 7.79. The fraction of sp³-hybridized carbons (Fsp3) is 0.500. The molecule has 0 spiro atoms. The van der Waals surface area contributed by atoms with E-state index in [2.05, 4.69) is 5.10 Å². The standard InChI is InChI=1S/C8H10F2N2O2/c1-5-3-6(12(2)11-5)4-8(9,10)7(13)14/h3H,4H2,1-2H3,(H,13,14). The normalized spacial score (nSPS) is 11.7. The fourth-order valence-electron chi connectivity index (χ4n) is 1.13. The number of hydrogen-bond donors (Lipinski definition) is 1. The number of aryl methyl sites for hydroxylation is 2. The Morgan fingerprint density at radius 3 is 2.64 bits per heavy atom. The predicted molar refractivity (Wildman–Crippen MR) is 44.2 cm³/mol. The molecule has 14 heavy (non-hydrogen) atoms. The molecular formula is C8H10F2N2O2. The molecule has 1 N–H and O–H groups in total. The summed E-state index contributed by atoms with van der Waals surface area (Å²) in [6, 6.07) is 1.44. The Morgan fingerprint density at radius 2 is 2.29 bits per heavy atom. The summed E-state index contributed by atoms with van der Waals surface area (Å²) in [6.45, 7) is 1.66. The molecule has 1 aromatic rings. The molecule has 0 radical (unpaired) electrons. The third-order valence-electron chi connectivity index (χ3n) is 1.81. The van der Waals surface area contributed by atoms with Crippen molar-refractivity contribution in [2.45, 2.75) is 19.3 Å². The van der Waals surface area contributed by atoms with E-state index >= 15 is 0 Å². The van der Waals surface area contributed by atoms with E-state index in [0.29, 0.717) is 5.69 Å². The van der Waals surface area contributed by atoms with Crippen molar-refractivity contribution in [3.8, 4) is 0 Å². The fourth-order valence-corrected chi connectivity index (χ4v) is 1.13. The summed E-state index contributed by atoms with van der Waals surface area (Å²) in [5, 5.41) is 12.1. The lowest BCUT2D eigenvalue weighted by Crippen LogP contribution is -2.31. The van der Waals surface area contributed by atoms with Crippen molar-refractivity contribution in [1.82, 2.24) is 9.78 Å². The van der Waals surface area contributed by atoms with Crippen LogP contribution >= 0.6 is 0 Å². The Bertz CT molecular complexity index is 360. The van der Waals surface area contributed by atoms with Crippen LogP contribution in [0, 0.1) is 6.92 Å². The molecule has 0 amide bonds. The van der Waals surface area contributed by atoms with Gasteiger partial charge in [-0.2, -0.15) is 13.9 Å². The third-order valence-corrected chi connectivity index (χ3v) is 1.81. The van der Waals surface area contributed by atoms with Crippen LogP contribution in [0.1, 0.15) is 11.4 Å². The number of halogens is 2. The lowest BCUT2D eigenvalue weighted by atomic mass is 10.2. The van der Waals surface area contributed by atoms with Gasteiger partial charge in [0.25, 0.3) is 0 Å². The van der Waals surface area contributed by atoms with E-state index in [1.165, 1.54) is 17.8 Å². The second-order valence-electron chi connectivity index (χ2n) is 3.09. The maximum Gasteiger partial charge on any atom is 0.374 e. The number of rotatable bonds is 3. The minimum absolute atomic E-state index is 0.204. The number of nitrogens with zero attached hydrogens (tertiary/aromatic N) is 2. The molecule has 0 aliphatic heterocycles. The first kappa shape index (κ1) is 10.6. The van der Waals surface area contributed by atoms with Crippen molar-refractivity contribution in [1.29, 1.82) is 0 Å². The van der Waals surface area contributed by atoms with Crippen LogP contribution in [0.2, 0.25) is 0 Å². The van der Waals surface area contributed by atoms with E-state index in [0.717, 1.165) is 0 Å². The van der Waals surface area contributed by atoms with Crippen molar-refractivity contribution in [3.05, 3.63) is 17.5 Å². The summed E-state index contributed by atoms with van der Waals surface area (Å²) in [4.78, 5) is 10.2. The van der Waals surface area contributed by atoms with Gasteiger partial charge in [0.2, 0.25) is 0 Å². The van der Waals surface area contributed by atoms with Crippen LogP contribution in [-0.4, -0.2) is 26.8 Å². The van der Waals surface area contributed by atoms with Crippen molar-refractivity contribution in [2.24, 2.45) is 7.05 Å². The van der Waals surface area contributed by atoms with E-state index < -0.39 is 18.3 Å². The topological polar surface area (TPSA) is 55.1 Å². The first-order valence-corrected chi connectivity index (χ1v) is 3.93. The molecule has 0 atom stereocenters. The number of carbonyl (C=O) groups is 1. The SMILES string of the molecule is Cc1cc(CC(F)(F)C(=O)O)n(C)n1. The van der Waals surface area contributed by atoms with Crippen LogP contribution in [0.4, 0.5) is 8.78 Å². The zero-order chi connectivity index (χ0) is 10.9. The van der Waals surface area contributed by atoms with Gasteiger partial charge in [0, 0.05) is 12.7 Å². The second-order valence-corrected chi connectivity index (χ2v) is 3.09. The zero-order valence-electron chi connectivity index (χ0n) is 7.79. The number of aromatic nitrogens is 2. The number of aliphatic carboxylic acids is 1. The van der Waals surface area contributed by atoms with E-state index in [4.69, 9.17) is 5.11 Å². The van der Waals surface area contributed by atoms with Gasteiger partial charge < -0.3 is 5.11 Å². The van der Waals surface area contributed by atoms with Crippen molar-refractivity contribution < 1.29 is 18.7 Å². The van der Waals surface area contributed by atoms with Gasteiger partial charge in [0.1, 0.15) is 0 Å². The highest BCUT2D eigenvalue weighted by molar-refractivity contribution is 5.75. The Labute approximate surface area is 79.2 Å². The lowest BCUT2D eigenvalue weighted by molar-refractivity contribution is -0.164. The largest absolute Gasteiger partial charge is 0.477 e. The van der Waals surface area contributed by atoms with Crippen LogP contribution in [0.15, 0.2) is 6.07 Å². The highest BCUT2D eigenvalue weighted by atomic mass is 19.3. The van der Waals surface area contributed by atoms with E-state index in [1.807, 2.05) is 0 Å². The maximum absolute atomic E-state index is 12.8. The molecule has 1 aromatic heterocycles. The summed E-state index contributed by atoms with van der Waals surface area (Å²) in [5.41, 5.74) is 0.790. The highest BCUT2D eigenvalue weighted by Crippen LogP contribution is 2.20. The smallest absolute Gasteiger partial charge is 0.374 e. The van der Waals surface area contributed by atoms with Crippen LogP contribution in [0.3, 0.4) is 0 Å². The Morgan fingerprint density at radius 1 is 1.71 bits per heavy atom. The van der Waals surface area contributed by atoms with Crippen molar-refractivity contribution in [2.75, 3.05) is 0 Å². The Kier molecular flexibility index (Phi) is 2.55. The van der Waals surface area contributed by atoms with Crippen LogP contribution in [0.25, 0.3) is 0 Å². The van der Waals surface area contributed by atoms with E-state index in [1.54, 1.807) is 6.92 Å². The third kappa shape index (κ3) is 2.07. The van der Waals surface area contributed by atoms with Crippen molar-refractivity contribution in [3.63, 3.8) is 0 Å². The average Bonchev–Trinajstić information content (AvgIpc) is 2.29. The van der Waals surface area contributed by atoms with Crippen molar-refractivity contribution >= 4 is 5.97 Å². The quantitative estimate of drug-likeness (QED) is 0.798. The Balaban J connectivity index is 2.88. The molecule has 1 heterocycles. The van der Waals surface area contributed by atoms with E-state index in [9.17, 15) is 13.6 Å². The number of hydrogen-bond acceptors (Lipinski definition) is 2. The molecule has 0 aromatic carbocycles. The molecular weight excluding hydrogens is 194 g/mol. The first-order chi connectivity index (χ1) is 6.33. The number of carboxylic acid groups (broad SMARTS) is 1. The summed E-state index contributed by atoms with van der Waals surface area (Å²) in [5.74, 6) is -5.85. The summed E-state index contributed by atoms with van der Waals surface area (Å²) in [7, 11) is 1.50. The first-order valence-electron chi connectivity index (χ1n) is 3.93. The Hall–Kier alpha value is -1.46. The number of carboxylic acids is 1. The molecule has 0 aliphatic rings. The molecule has 0 saturated carbocycles. The van der Waals surface area contributed by atoms with Gasteiger partial charge in [-0.1, -0.05) is 0 Å². The van der Waals surface area contributed by atoms with Crippen LogP contribution in [0.5, 0.6) is 0 Å². The van der Waals surface area contributed by atoms with E-state index in [-0.39, 0.29) is 5.69 Å². The van der Waals surface area contributed by atoms with Gasteiger partial charge in [0.05, 0.1) is 12.1 Å². The second kappa shape index (κ2) is 3.36. The molecule has 78 valence electrons. The number of alkyl halides is 2.